The van der Waals surface area contributed by atoms with Crippen molar-refractivity contribution in [1.82, 2.24) is 10.6 Å². The van der Waals surface area contributed by atoms with Crippen LogP contribution >= 0.6 is 0 Å². The molecule has 2 amide bonds. The molecule has 134 valence electrons. The van der Waals surface area contributed by atoms with Crippen LogP contribution in [0.4, 0.5) is 4.39 Å². The van der Waals surface area contributed by atoms with Gasteiger partial charge in [0.1, 0.15) is 5.82 Å². The van der Waals surface area contributed by atoms with Crippen molar-refractivity contribution in [1.29, 1.82) is 0 Å². The van der Waals surface area contributed by atoms with E-state index in [1.165, 1.54) is 12.1 Å². The molecule has 3 saturated carbocycles. The highest BCUT2D eigenvalue weighted by atomic mass is 19.1. The Morgan fingerprint density at radius 2 is 1.60 bits per heavy atom. The Hall–Kier alpha value is -1.91. The van der Waals surface area contributed by atoms with Crippen LogP contribution in [0, 0.1) is 17.7 Å². The van der Waals surface area contributed by atoms with Gasteiger partial charge in [0, 0.05) is 23.9 Å². The third-order valence-corrected chi connectivity index (χ3v) is 5.74. The molecule has 0 radical (unpaired) electrons. The predicted molar refractivity (Wildman–Crippen MR) is 92.3 cm³/mol. The number of hydrogen-bond donors (Lipinski definition) is 2. The van der Waals surface area contributed by atoms with Crippen LogP contribution < -0.4 is 10.6 Å². The van der Waals surface area contributed by atoms with Gasteiger partial charge in [0.05, 0.1) is 0 Å². The minimum absolute atomic E-state index is 0.00821. The van der Waals surface area contributed by atoms with Crippen molar-refractivity contribution in [2.75, 3.05) is 0 Å². The van der Waals surface area contributed by atoms with E-state index in [2.05, 4.69) is 10.6 Å². The van der Waals surface area contributed by atoms with Crippen molar-refractivity contribution in [3.8, 4) is 0 Å². The topological polar surface area (TPSA) is 58.2 Å². The molecule has 3 aliphatic rings. The van der Waals surface area contributed by atoms with Gasteiger partial charge in [-0.05, 0) is 62.1 Å². The minimum Gasteiger partial charge on any atom is -0.353 e. The number of rotatable bonds is 5. The summed E-state index contributed by atoms with van der Waals surface area (Å²) in [6, 6.07) is 6.94. The van der Waals surface area contributed by atoms with Crippen molar-refractivity contribution in [3.05, 3.63) is 35.6 Å². The third-order valence-electron chi connectivity index (χ3n) is 5.74. The van der Waals surface area contributed by atoms with Crippen LogP contribution in [0.5, 0.6) is 0 Å². The van der Waals surface area contributed by atoms with E-state index in [1.807, 2.05) is 0 Å². The number of benzene rings is 1. The van der Waals surface area contributed by atoms with E-state index >= 15 is 0 Å². The molecule has 4 rings (SSSR count). The van der Waals surface area contributed by atoms with E-state index in [1.54, 1.807) is 12.1 Å². The van der Waals surface area contributed by atoms with Gasteiger partial charge in [-0.25, -0.2) is 4.39 Å². The Morgan fingerprint density at radius 1 is 0.880 bits per heavy atom. The second kappa shape index (κ2) is 6.77. The number of halogens is 1. The first-order valence-electron chi connectivity index (χ1n) is 9.46. The number of carbonyl (C=O) groups is 2. The summed E-state index contributed by atoms with van der Waals surface area (Å²) in [5, 5.41) is 6.24. The zero-order chi connectivity index (χ0) is 17.4. The predicted octanol–water partition coefficient (Wildman–Crippen LogP) is 2.88. The Kier molecular flexibility index (Phi) is 4.48. The minimum atomic E-state index is -0.247. The van der Waals surface area contributed by atoms with E-state index in [0.717, 1.165) is 50.5 Å². The molecule has 25 heavy (non-hydrogen) atoms. The van der Waals surface area contributed by atoms with Gasteiger partial charge in [-0.2, -0.15) is 0 Å². The molecule has 0 unspecified atom stereocenters. The third kappa shape index (κ3) is 4.02. The largest absolute Gasteiger partial charge is 0.353 e. The lowest BCUT2D eigenvalue weighted by Gasteiger charge is -2.29. The average molecular weight is 344 g/mol. The Morgan fingerprint density at radius 3 is 2.32 bits per heavy atom. The molecular formula is C20H25FN2O2. The van der Waals surface area contributed by atoms with Crippen LogP contribution in [0.15, 0.2) is 24.3 Å². The highest BCUT2D eigenvalue weighted by Crippen LogP contribution is 2.47. The fourth-order valence-corrected chi connectivity index (χ4v) is 3.98. The molecule has 4 nitrogen and oxygen atoms in total. The van der Waals surface area contributed by atoms with E-state index in [-0.39, 0.29) is 41.4 Å². The standard InChI is InChI=1S/C20H25FN2O2/c21-14-6-4-12(5-7-14)17-11-18(17)20(25)23-16-3-1-2-13(10-16)19(24)22-15-8-9-15/h4-7,13,15-18H,1-3,8-11H2,(H,22,24)(H,23,25)/t13-,16+,17-,18-/m1/s1. The number of nitrogens with one attached hydrogen (secondary N) is 2. The van der Waals surface area contributed by atoms with Crippen molar-refractivity contribution >= 4 is 11.8 Å². The zero-order valence-electron chi connectivity index (χ0n) is 14.3. The van der Waals surface area contributed by atoms with E-state index in [9.17, 15) is 14.0 Å². The normalized spacial score (nSPS) is 31.2. The Bertz CT molecular complexity index is 656. The smallest absolute Gasteiger partial charge is 0.223 e. The molecule has 1 aromatic rings. The molecule has 0 heterocycles. The summed E-state index contributed by atoms with van der Waals surface area (Å²) in [7, 11) is 0. The Labute approximate surface area is 147 Å². The molecule has 0 aliphatic heterocycles. The lowest BCUT2D eigenvalue weighted by atomic mass is 9.85. The van der Waals surface area contributed by atoms with Crippen molar-refractivity contribution in [3.63, 3.8) is 0 Å². The lowest BCUT2D eigenvalue weighted by Crippen LogP contribution is -2.43. The summed E-state index contributed by atoms with van der Waals surface area (Å²) in [6.07, 6.45) is 6.64. The maximum atomic E-state index is 13.0. The van der Waals surface area contributed by atoms with Gasteiger partial charge in [-0.15, -0.1) is 0 Å². The van der Waals surface area contributed by atoms with E-state index < -0.39 is 0 Å². The first-order chi connectivity index (χ1) is 12.1. The maximum absolute atomic E-state index is 13.0. The second-order valence-electron chi connectivity index (χ2n) is 7.85. The molecule has 1 aromatic carbocycles. The molecule has 2 N–H and O–H groups in total. The monoisotopic (exact) mass is 344 g/mol. The zero-order valence-corrected chi connectivity index (χ0v) is 14.3. The first kappa shape index (κ1) is 16.6. The van der Waals surface area contributed by atoms with Crippen molar-refractivity contribution in [2.45, 2.75) is 62.9 Å². The summed E-state index contributed by atoms with van der Waals surface area (Å²) < 4.78 is 13.0. The fourth-order valence-electron chi connectivity index (χ4n) is 3.98. The van der Waals surface area contributed by atoms with Gasteiger partial charge in [-0.3, -0.25) is 9.59 Å². The molecule has 5 heteroatoms. The van der Waals surface area contributed by atoms with Gasteiger partial charge in [0.25, 0.3) is 0 Å². The quantitative estimate of drug-likeness (QED) is 0.863. The van der Waals surface area contributed by atoms with E-state index in [0.29, 0.717) is 6.04 Å². The highest BCUT2D eigenvalue weighted by Gasteiger charge is 2.44. The summed E-state index contributed by atoms with van der Waals surface area (Å²) in [5.41, 5.74) is 1.03. The van der Waals surface area contributed by atoms with Crippen molar-refractivity contribution < 1.29 is 14.0 Å². The van der Waals surface area contributed by atoms with E-state index in [4.69, 9.17) is 0 Å². The summed E-state index contributed by atoms with van der Waals surface area (Å²) in [4.78, 5) is 24.7. The summed E-state index contributed by atoms with van der Waals surface area (Å²) in [6.45, 7) is 0. The van der Waals surface area contributed by atoms with Gasteiger partial charge in [0.2, 0.25) is 11.8 Å². The average Bonchev–Trinajstić information content (AvgIpc) is 3.50. The van der Waals surface area contributed by atoms with Crippen LogP contribution in [-0.2, 0) is 9.59 Å². The van der Waals surface area contributed by atoms with Crippen molar-refractivity contribution in [2.24, 2.45) is 11.8 Å². The summed E-state index contributed by atoms with van der Waals surface area (Å²) in [5.74, 6) is 0.235. The molecule has 0 aromatic heterocycles. The second-order valence-corrected chi connectivity index (χ2v) is 7.85. The van der Waals surface area contributed by atoms with Crippen LogP contribution in [0.2, 0.25) is 0 Å². The SMILES string of the molecule is O=C(NC1CC1)[C@@H]1CCC[C@H](NC(=O)[C@@H]2C[C@@H]2c2ccc(F)cc2)C1. The molecule has 4 atom stereocenters. The van der Waals surface area contributed by atoms with Gasteiger partial charge < -0.3 is 10.6 Å². The number of carbonyl (C=O) groups excluding carboxylic acids is 2. The molecule has 3 fully saturated rings. The van der Waals surface area contributed by atoms with Gasteiger partial charge in [-0.1, -0.05) is 18.6 Å². The lowest BCUT2D eigenvalue weighted by molar-refractivity contribution is -0.128. The van der Waals surface area contributed by atoms with Gasteiger partial charge in [0.15, 0.2) is 0 Å². The molecule has 0 saturated heterocycles. The van der Waals surface area contributed by atoms with Crippen LogP contribution in [0.1, 0.15) is 56.4 Å². The maximum Gasteiger partial charge on any atom is 0.223 e. The van der Waals surface area contributed by atoms with Crippen LogP contribution in [-0.4, -0.2) is 23.9 Å². The van der Waals surface area contributed by atoms with Gasteiger partial charge >= 0.3 is 0 Å². The number of hydrogen-bond acceptors (Lipinski definition) is 2. The molecule has 0 spiro atoms. The molecule has 0 bridgehead atoms. The first-order valence-corrected chi connectivity index (χ1v) is 9.46. The van der Waals surface area contributed by atoms with Crippen LogP contribution in [0.25, 0.3) is 0 Å². The highest BCUT2D eigenvalue weighted by molar-refractivity contribution is 5.83. The molecular weight excluding hydrogens is 319 g/mol. The number of amides is 2. The van der Waals surface area contributed by atoms with Crippen LogP contribution in [0.3, 0.4) is 0 Å². The molecule has 3 aliphatic carbocycles. The fraction of sp³-hybridized carbons (Fsp3) is 0.600. The summed E-state index contributed by atoms with van der Waals surface area (Å²) >= 11 is 0. The Balaban J connectivity index is 1.27.